The maximum atomic E-state index is 12.7. The van der Waals surface area contributed by atoms with Crippen LogP contribution in [0.1, 0.15) is 44.1 Å². The van der Waals surface area contributed by atoms with E-state index in [4.69, 9.17) is 22.3 Å². The van der Waals surface area contributed by atoms with E-state index in [9.17, 15) is 9.59 Å². The van der Waals surface area contributed by atoms with Crippen LogP contribution in [-0.2, 0) is 21.0 Å². The highest BCUT2D eigenvalue weighted by Gasteiger charge is 2.36. The fraction of sp³-hybridized carbons (Fsp3) is 0.526. The van der Waals surface area contributed by atoms with Crippen LogP contribution in [0.5, 0.6) is 0 Å². The maximum Gasteiger partial charge on any atom is 0.247 e. The third-order valence-corrected chi connectivity index (χ3v) is 5.44. The first-order valence-corrected chi connectivity index (χ1v) is 10.1. The summed E-state index contributed by atoms with van der Waals surface area (Å²) in [6, 6.07) is 4.49. The summed E-state index contributed by atoms with van der Waals surface area (Å²) < 4.78 is 0. The molecule has 0 aromatic heterocycles. The van der Waals surface area contributed by atoms with Gasteiger partial charge in [0.2, 0.25) is 11.8 Å². The van der Waals surface area contributed by atoms with E-state index in [1.165, 1.54) is 24.2 Å². The smallest absolute Gasteiger partial charge is 0.247 e. The Morgan fingerprint density at radius 1 is 1.31 bits per heavy atom. The molecule has 1 saturated heterocycles. The van der Waals surface area contributed by atoms with Crippen LogP contribution in [0.4, 0.5) is 5.69 Å². The molecule has 0 radical (unpaired) electrons. The van der Waals surface area contributed by atoms with Crippen molar-refractivity contribution in [1.29, 1.82) is 0 Å². The largest absolute Gasteiger partial charge is 0.350 e. The molecule has 1 heterocycles. The zero-order chi connectivity index (χ0) is 20.6. The average molecular weight is 421 g/mol. The lowest BCUT2D eigenvalue weighted by atomic mass is 10.0. The monoisotopic (exact) mass is 420 g/mol. The van der Waals surface area contributed by atoms with E-state index >= 15 is 0 Å². The first kappa shape index (κ1) is 21.2. The molecular formula is C19H25ClN6O3. The van der Waals surface area contributed by atoms with E-state index in [0.29, 0.717) is 41.6 Å². The lowest BCUT2D eigenvalue weighted by molar-refractivity contribution is -0.180. The highest BCUT2D eigenvalue weighted by molar-refractivity contribution is 6.30. The standard InChI is InChI=1S/C19H25ClN6O3/c20-15-5-6-16(23-12-24-25-21)14(10-15)11-22-19(28)17-7-8-29-26(17)18(27)9-13-3-1-2-4-13/h5-6,10,12-13,17H,1-4,7-9,11H2,(H,22,28)(H2,21,23,24)/t17-/m0/s1. The molecule has 0 spiro atoms. The average Bonchev–Trinajstić information content (AvgIpc) is 3.39. The van der Waals surface area contributed by atoms with Gasteiger partial charge in [0.1, 0.15) is 12.4 Å². The minimum absolute atomic E-state index is 0.116. The minimum Gasteiger partial charge on any atom is -0.350 e. The van der Waals surface area contributed by atoms with Gasteiger partial charge >= 0.3 is 0 Å². The number of hydroxylamine groups is 2. The first-order valence-electron chi connectivity index (χ1n) is 9.72. The van der Waals surface area contributed by atoms with E-state index < -0.39 is 6.04 Å². The van der Waals surface area contributed by atoms with Crippen LogP contribution in [0.3, 0.4) is 0 Å². The number of nitrogens with zero attached hydrogens (tertiary/aromatic N) is 4. The van der Waals surface area contributed by atoms with Crippen LogP contribution >= 0.6 is 11.6 Å². The summed E-state index contributed by atoms with van der Waals surface area (Å²) in [6.07, 6.45) is 6.59. The van der Waals surface area contributed by atoms with Gasteiger partial charge in [0.25, 0.3) is 0 Å². The Balaban J connectivity index is 1.61. The minimum atomic E-state index is -0.624. The van der Waals surface area contributed by atoms with Crippen LogP contribution in [0.15, 0.2) is 33.5 Å². The lowest BCUT2D eigenvalue weighted by Gasteiger charge is -2.23. The zero-order valence-electron chi connectivity index (χ0n) is 16.1. The number of nitrogens with two attached hydrogens (primary N) is 1. The molecule has 1 atom stereocenters. The third kappa shape index (κ3) is 5.74. The first-order chi connectivity index (χ1) is 14.1. The van der Waals surface area contributed by atoms with E-state index in [1.54, 1.807) is 18.2 Å². The molecule has 2 amide bonds. The topological polar surface area (TPSA) is 122 Å². The van der Waals surface area contributed by atoms with Gasteiger partial charge < -0.3 is 11.2 Å². The van der Waals surface area contributed by atoms with Crippen molar-refractivity contribution in [2.24, 2.45) is 27.1 Å². The van der Waals surface area contributed by atoms with E-state index in [2.05, 4.69) is 20.6 Å². The molecule has 3 N–H and O–H groups in total. The van der Waals surface area contributed by atoms with Crippen molar-refractivity contribution in [3.8, 4) is 0 Å². The van der Waals surface area contributed by atoms with Gasteiger partial charge in [-0.3, -0.25) is 14.4 Å². The quantitative estimate of drug-likeness (QED) is 0.231. The van der Waals surface area contributed by atoms with E-state index in [1.807, 2.05) is 0 Å². The number of amides is 2. The molecule has 2 aliphatic rings. The summed E-state index contributed by atoms with van der Waals surface area (Å²) in [5.74, 6) is 4.97. The second kappa shape index (κ2) is 10.3. The molecular weight excluding hydrogens is 396 g/mol. The summed E-state index contributed by atoms with van der Waals surface area (Å²) in [6.45, 7) is 0.554. The zero-order valence-corrected chi connectivity index (χ0v) is 16.8. The van der Waals surface area contributed by atoms with Crippen molar-refractivity contribution < 1.29 is 14.4 Å². The van der Waals surface area contributed by atoms with Gasteiger partial charge in [-0.25, -0.2) is 10.1 Å². The van der Waals surface area contributed by atoms with Gasteiger partial charge in [0, 0.05) is 24.4 Å². The number of halogens is 1. The fourth-order valence-electron chi connectivity index (χ4n) is 3.74. The summed E-state index contributed by atoms with van der Waals surface area (Å²) in [4.78, 5) is 34.9. The molecule has 1 aliphatic heterocycles. The molecule has 1 aliphatic carbocycles. The number of aliphatic imine (C=N–C) groups is 1. The molecule has 10 heteroatoms. The Hall–Kier alpha value is -2.52. The summed E-state index contributed by atoms with van der Waals surface area (Å²) in [7, 11) is 0. The molecule has 0 unspecified atom stereocenters. The van der Waals surface area contributed by atoms with Crippen molar-refractivity contribution in [3.63, 3.8) is 0 Å². The Kier molecular flexibility index (Phi) is 7.54. The van der Waals surface area contributed by atoms with Gasteiger partial charge in [-0.15, -0.1) is 5.11 Å². The van der Waals surface area contributed by atoms with Gasteiger partial charge in [0.15, 0.2) is 0 Å². The highest BCUT2D eigenvalue weighted by atomic mass is 35.5. The Labute approximate surface area is 174 Å². The molecule has 1 aromatic rings. The predicted octanol–water partition coefficient (Wildman–Crippen LogP) is 3.05. The van der Waals surface area contributed by atoms with Crippen LogP contribution in [0, 0.1) is 5.92 Å². The Morgan fingerprint density at radius 2 is 2.10 bits per heavy atom. The predicted molar refractivity (Wildman–Crippen MR) is 108 cm³/mol. The second-order valence-corrected chi connectivity index (χ2v) is 7.61. The van der Waals surface area contributed by atoms with Gasteiger partial charge in [-0.2, -0.15) is 0 Å². The van der Waals surface area contributed by atoms with Crippen molar-refractivity contribution in [1.82, 2.24) is 10.4 Å². The number of nitrogens with one attached hydrogen (secondary N) is 1. The molecule has 2 fully saturated rings. The number of hydrogen-bond acceptors (Lipinski definition) is 5. The molecule has 156 valence electrons. The van der Waals surface area contributed by atoms with Crippen LogP contribution in [0.25, 0.3) is 0 Å². The van der Waals surface area contributed by atoms with Crippen LogP contribution in [0.2, 0.25) is 5.02 Å². The highest BCUT2D eigenvalue weighted by Crippen LogP contribution is 2.29. The molecule has 3 rings (SSSR count). The van der Waals surface area contributed by atoms with Crippen LogP contribution in [-0.4, -0.2) is 35.9 Å². The molecule has 0 bridgehead atoms. The lowest BCUT2D eigenvalue weighted by Crippen LogP contribution is -2.45. The number of benzene rings is 1. The number of hydrogen-bond donors (Lipinski definition) is 2. The third-order valence-electron chi connectivity index (χ3n) is 5.20. The second-order valence-electron chi connectivity index (χ2n) is 7.18. The van der Waals surface area contributed by atoms with E-state index in [0.717, 1.165) is 12.8 Å². The van der Waals surface area contributed by atoms with Crippen molar-refractivity contribution in [3.05, 3.63) is 28.8 Å². The SMILES string of the molecule is NN=NC=Nc1ccc(Cl)cc1CNC(=O)[C@@H]1CCON1C(=O)CC1CCCC1. The molecule has 1 saturated carbocycles. The Morgan fingerprint density at radius 3 is 2.86 bits per heavy atom. The van der Waals surface area contributed by atoms with Crippen LogP contribution < -0.4 is 11.2 Å². The van der Waals surface area contributed by atoms with Gasteiger partial charge in [0.05, 0.1) is 12.3 Å². The molecule has 29 heavy (non-hydrogen) atoms. The fourth-order valence-corrected chi connectivity index (χ4v) is 3.94. The van der Waals surface area contributed by atoms with Gasteiger partial charge in [-0.05, 0) is 42.5 Å². The number of carbonyl (C=O) groups excluding carboxylic acids is 2. The Bertz CT molecular complexity index is 794. The van der Waals surface area contributed by atoms with Crippen molar-refractivity contribution >= 4 is 35.4 Å². The van der Waals surface area contributed by atoms with Crippen molar-refractivity contribution in [2.75, 3.05) is 6.61 Å². The van der Waals surface area contributed by atoms with Gasteiger partial charge in [-0.1, -0.05) is 29.7 Å². The molecule has 9 nitrogen and oxygen atoms in total. The normalized spacial score (nSPS) is 20.2. The van der Waals surface area contributed by atoms with E-state index in [-0.39, 0.29) is 18.4 Å². The summed E-state index contributed by atoms with van der Waals surface area (Å²) >= 11 is 6.07. The molecule has 1 aromatic carbocycles. The maximum absolute atomic E-state index is 12.7. The summed E-state index contributed by atoms with van der Waals surface area (Å²) in [5, 5.41) is 11.2. The number of rotatable bonds is 7. The summed E-state index contributed by atoms with van der Waals surface area (Å²) in [5.41, 5.74) is 1.29. The van der Waals surface area contributed by atoms with Crippen molar-refractivity contribution in [2.45, 2.75) is 51.1 Å². The number of carbonyl (C=O) groups is 2.